The molecule has 3 nitrogen and oxygen atoms in total. The second-order valence-electron chi connectivity index (χ2n) is 3.78. The second kappa shape index (κ2) is 5.38. The van der Waals surface area contributed by atoms with Gasteiger partial charge in [0.25, 0.3) is 5.89 Å². The average Bonchev–Trinajstić information content (AvgIpc) is 3.09. The van der Waals surface area contributed by atoms with Gasteiger partial charge in [0, 0.05) is 11.1 Å². The molecule has 0 aliphatic rings. The van der Waals surface area contributed by atoms with Crippen molar-refractivity contribution in [2.24, 2.45) is 0 Å². The van der Waals surface area contributed by atoms with E-state index in [0.29, 0.717) is 16.8 Å². The van der Waals surface area contributed by atoms with E-state index in [9.17, 15) is 0 Å². The van der Waals surface area contributed by atoms with Crippen molar-refractivity contribution < 1.29 is 4.42 Å². The lowest BCUT2D eigenvalue weighted by atomic mass is 10.2. The predicted octanol–water partition coefficient (Wildman–Crippen LogP) is 4.62. The third kappa shape index (κ3) is 2.75. The maximum atomic E-state index is 6.06. The van der Waals surface area contributed by atoms with E-state index in [1.807, 2.05) is 47.9 Å². The van der Waals surface area contributed by atoms with Crippen molar-refractivity contribution in [2.75, 3.05) is 0 Å². The van der Waals surface area contributed by atoms with Gasteiger partial charge in [0.15, 0.2) is 0 Å². The number of hydrogen-bond acceptors (Lipinski definition) is 4. The first-order valence-electron chi connectivity index (χ1n) is 5.63. The smallest absolute Gasteiger partial charge is 0.258 e. The monoisotopic (exact) mass is 288 g/mol. The van der Waals surface area contributed by atoms with Crippen LogP contribution in [0.2, 0.25) is 5.02 Å². The van der Waals surface area contributed by atoms with Gasteiger partial charge in [-0.25, -0.2) is 0 Å². The summed E-state index contributed by atoms with van der Waals surface area (Å²) in [4.78, 5) is 0.963. The lowest BCUT2D eigenvalue weighted by molar-refractivity contribution is 0.559. The van der Waals surface area contributed by atoms with E-state index >= 15 is 0 Å². The molecular weight excluding hydrogens is 280 g/mol. The first-order valence-corrected chi connectivity index (χ1v) is 6.89. The van der Waals surface area contributed by atoms with E-state index in [-0.39, 0.29) is 0 Å². The molecule has 1 aromatic carbocycles. The third-order valence-electron chi connectivity index (χ3n) is 2.48. The molecule has 0 atom stereocenters. The summed E-state index contributed by atoms with van der Waals surface area (Å²) in [7, 11) is 0. The van der Waals surface area contributed by atoms with E-state index in [1.165, 1.54) is 0 Å². The molecule has 0 radical (unpaired) electrons. The summed E-state index contributed by atoms with van der Waals surface area (Å²) < 4.78 is 5.55. The lowest BCUT2D eigenvalue weighted by Crippen LogP contribution is -1.74. The SMILES string of the molecule is Clc1ccccc1/C=C/c1nnc(-c2cccs2)o1. The molecule has 3 aromatic rings. The maximum Gasteiger partial charge on any atom is 0.258 e. The molecule has 0 aliphatic carbocycles. The highest BCUT2D eigenvalue weighted by Gasteiger charge is 2.06. The molecule has 2 aromatic heterocycles. The van der Waals surface area contributed by atoms with Crippen molar-refractivity contribution >= 4 is 35.1 Å². The quantitative estimate of drug-likeness (QED) is 0.706. The zero-order chi connectivity index (χ0) is 13.1. The molecule has 19 heavy (non-hydrogen) atoms. The molecule has 0 saturated carbocycles. The normalized spacial score (nSPS) is 11.2. The fourth-order valence-corrected chi connectivity index (χ4v) is 2.42. The predicted molar refractivity (Wildman–Crippen MR) is 78.0 cm³/mol. The van der Waals surface area contributed by atoms with Crippen LogP contribution in [-0.2, 0) is 0 Å². The Labute approximate surface area is 119 Å². The number of thiophene rings is 1. The molecule has 94 valence electrons. The van der Waals surface area contributed by atoms with Gasteiger partial charge >= 0.3 is 0 Å². The number of benzene rings is 1. The Morgan fingerprint density at radius 3 is 2.74 bits per heavy atom. The van der Waals surface area contributed by atoms with E-state index in [0.717, 1.165) is 10.4 Å². The minimum Gasteiger partial charge on any atom is -0.416 e. The molecule has 0 bridgehead atoms. The topological polar surface area (TPSA) is 38.9 Å². The number of rotatable bonds is 3. The van der Waals surface area contributed by atoms with Crippen molar-refractivity contribution in [2.45, 2.75) is 0 Å². The van der Waals surface area contributed by atoms with E-state index in [2.05, 4.69) is 10.2 Å². The zero-order valence-corrected chi connectivity index (χ0v) is 11.4. The highest BCUT2D eigenvalue weighted by Crippen LogP contribution is 2.24. The van der Waals surface area contributed by atoms with Crippen LogP contribution in [0.1, 0.15) is 11.5 Å². The van der Waals surface area contributed by atoms with Gasteiger partial charge in [-0.2, -0.15) is 0 Å². The Morgan fingerprint density at radius 1 is 1.05 bits per heavy atom. The van der Waals surface area contributed by atoms with Crippen LogP contribution in [0.4, 0.5) is 0 Å². The number of hydrogen-bond donors (Lipinski definition) is 0. The van der Waals surface area contributed by atoms with Crippen LogP contribution in [-0.4, -0.2) is 10.2 Å². The Hall–Kier alpha value is -1.91. The Bertz CT molecular complexity index is 704. The fourth-order valence-electron chi connectivity index (χ4n) is 1.57. The molecule has 0 unspecified atom stereocenters. The molecule has 3 rings (SSSR count). The van der Waals surface area contributed by atoms with Gasteiger partial charge in [0.2, 0.25) is 5.89 Å². The molecule has 0 amide bonds. The van der Waals surface area contributed by atoms with Gasteiger partial charge in [-0.3, -0.25) is 0 Å². The van der Waals surface area contributed by atoms with Gasteiger partial charge in [-0.15, -0.1) is 21.5 Å². The number of aromatic nitrogens is 2. The van der Waals surface area contributed by atoms with E-state index < -0.39 is 0 Å². The summed E-state index contributed by atoms with van der Waals surface area (Å²) in [5, 5.41) is 10.6. The summed E-state index contributed by atoms with van der Waals surface area (Å²) in [6, 6.07) is 11.5. The number of nitrogens with zero attached hydrogens (tertiary/aromatic N) is 2. The lowest BCUT2D eigenvalue weighted by Gasteiger charge is -1.94. The van der Waals surface area contributed by atoms with Crippen molar-refractivity contribution in [3.63, 3.8) is 0 Å². The molecule has 5 heteroatoms. The third-order valence-corrected chi connectivity index (χ3v) is 3.69. The standard InChI is InChI=1S/C14H9ClN2OS/c15-11-5-2-1-4-10(11)7-8-13-16-17-14(18-13)12-6-3-9-19-12/h1-9H/b8-7+. The van der Waals surface area contributed by atoms with Gasteiger partial charge in [0.05, 0.1) is 4.88 Å². The first-order chi connectivity index (χ1) is 9.33. The summed E-state index contributed by atoms with van der Waals surface area (Å²) in [6.45, 7) is 0. The zero-order valence-electron chi connectivity index (χ0n) is 9.79. The molecule has 0 aliphatic heterocycles. The fraction of sp³-hybridized carbons (Fsp3) is 0. The van der Waals surface area contributed by atoms with Crippen molar-refractivity contribution in [3.8, 4) is 10.8 Å². The molecular formula is C14H9ClN2OS. The van der Waals surface area contributed by atoms with Crippen LogP contribution in [0, 0.1) is 0 Å². The maximum absolute atomic E-state index is 6.06. The van der Waals surface area contributed by atoms with Crippen LogP contribution in [0.25, 0.3) is 22.9 Å². The highest BCUT2D eigenvalue weighted by atomic mass is 35.5. The van der Waals surface area contributed by atoms with E-state index in [1.54, 1.807) is 17.4 Å². The summed E-state index contributed by atoms with van der Waals surface area (Å²) in [5.41, 5.74) is 0.917. The minimum absolute atomic E-state index is 0.461. The summed E-state index contributed by atoms with van der Waals surface area (Å²) in [5.74, 6) is 0.997. The minimum atomic E-state index is 0.461. The van der Waals surface area contributed by atoms with Crippen molar-refractivity contribution in [1.82, 2.24) is 10.2 Å². The van der Waals surface area contributed by atoms with Gasteiger partial charge in [-0.1, -0.05) is 35.9 Å². The van der Waals surface area contributed by atoms with E-state index in [4.69, 9.17) is 16.0 Å². The highest BCUT2D eigenvalue weighted by molar-refractivity contribution is 7.13. The largest absolute Gasteiger partial charge is 0.416 e. The van der Waals surface area contributed by atoms with Gasteiger partial charge in [-0.05, 0) is 29.2 Å². The van der Waals surface area contributed by atoms with Crippen LogP contribution in [0.3, 0.4) is 0 Å². The number of halogens is 1. The molecule has 2 heterocycles. The average molecular weight is 289 g/mol. The molecule has 0 N–H and O–H groups in total. The second-order valence-corrected chi connectivity index (χ2v) is 5.13. The van der Waals surface area contributed by atoms with Crippen molar-refractivity contribution in [1.29, 1.82) is 0 Å². The Balaban J connectivity index is 1.83. The van der Waals surface area contributed by atoms with Gasteiger partial charge < -0.3 is 4.42 Å². The molecule has 0 saturated heterocycles. The van der Waals surface area contributed by atoms with Crippen LogP contribution < -0.4 is 0 Å². The Kier molecular flexibility index (Phi) is 3.44. The Morgan fingerprint density at radius 2 is 1.95 bits per heavy atom. The van der Waals surface area contributed by atoms with Crippen molar-refractivity contribution in [3.05, 3.63) is 58.3 Å². The van der Waals surface area contributed by atoms with Crippen LogP contribution in [0.5, 0.6) is 0 Å². The van der Waals surface area contributed by atoms with Crippen LogP contribution in [0.15, 0.2) is 46.2 Å². The molecule has 0 spiro atoms. The summed E-state index contributed by atoms with van der Waals surface area (Å²) in [6.07, 6.45) is 3.61. The first kappa shape index (κ1) is 12.1. The van der Waals surface area contributed by atoms with Crippen LogP contribution >= 0.6 is 22.9 Å². The van der Waals surface area contributed by atoms with Gasteiger partial charge in [0.1, 0.15) is 0 Å². The molecule has 0 fully saturated rings. The summed E-state index contributed by atoms with van der Waals surface area (Å²) >= 11 is 7.63.